The molecule has 2 aromatic heterocycles. The lowest BCUT2D eigenvalue weighted by molar-refractivity contribution is -0.136. The summed E-state index contributed by atoms with van der Waals surface area (Å²) in [5.41, 5.74) is 7.13. The Morgan fingerprint density at radius 3 is 2.25 bits per heavy atom. The van der Waals surface area contributed by atoms with Gasteiger partial charge in [-0.05, 0) is 109 Å². The number of piperazine rings is 1. The highest BCUT2D eigenvalue weighted by atomic mass is 79.9. The number of nitrogens with zero attached hydrogens (tertiary/aromatic N) is 8. The molecular formula is C48H53BrN11O6P. The van der Waals surface area contributed by atoms with Crippen molar-refractivity contribution in [3.8, 4) is 16.9 Å². The van der Waals surface area contributed by atoms with Gasteiger partial charge in [-0.2, -0.15) is 10.1 Å². The van der Waals surface area contributed by atoms with Crippen LogP contribution in [0.5, 0.6) is 5.75 Å². The van der Waals surface area contributed by atoms with E-state index >= 15 is 0 Å². The third-order valence-corrected chi connectivity index (χ3v) is 15.8. The predicted molar refractivity (Wildman–Crippen MR) is 261 cm³/mol. The first-order valence-electron chi connectivity index (χ1n) is 22.8. The second-order valence-corrected chi connectivity index (χ2v) is 22.5. The van der Waals surface area contributed by atoms with Crippen molar-refractivity contribution >= 4 is 86.5 Å². The highest BCUT2D eigenvalue weighted by Crippen LogP contribution is 2.45. The Balaban J connectivity index is 0.815. The molecule has 0 spiro atoms. The van der Waals surface area contributed by atoms with E-state index in [4.69, 9.17) is 9.72 Å². The Morgan fingerprint density at radius 2 is 1.57 bits per heavy atom. The zero-order chi connectivity index (χ0) is 46.7. The highest BCUT2D eigenvalue weighted by Gasteiger charge is 2.45. The van der Waals surface area contributed by atoms with Crippen LogP contribution in [0.4, 0.5) is 34.5 Å². The van der Waals surface area contributed by atoms with E-state index in [0.717, 1.165) is 103 Å². The Bertz CT molecular complexity index is 2860. The van der Waals surface area contributed by atoms with E-state index in [0.29, 0.717) is 45.2 Å². The maximum Gasteiger partial charge on any atom is 0.262 e. The number of hydrogen-bond donors (Lipinski definition) is 3. The normalized spacial score (nSPS) is 19.5. The summed E-state index contributed by atoms with van der Waals surface area (Å²) in [4.78, 5) is 68.7. The summed E-state index contributed by atoms with van der Waals surface area (Å²) in [5, 5.41) is 14.4. The van der Waals surface area contributed by atoms with Gasteiger partial charge in [0.15, 0.2) is 0 Å². The minimum absolute atomic E-state index is 0.0814. The Hall–Kier alpha value is -6.10. The zero-order valence-electron chi connectivity index (χ0n) is 37.9. The van der Waals surface area contributed by atoms with Crippen LogP contribution in [-0.2, 0) is 21.2 Å². The summed E-state index contributed by atoms with van der Waals surface area (Å²) in [6.45, 7) is 8.52. The quantitative estimate of drug-likeness (QED) is 0.0914. The van der Waals surface area contributed by atoms with Gasteiger partial charge in [0.2, 0.25) is 17.8 Å². The standard InChI is InChI=1S/C48H53BrN11O6P/c1-56-27-30(25-51-56)34-23-38(53-48-50-26-36(49)44(55-48)52-37-10-7-29(28-5-6-28)21-42(37)67(3,4)65)41(66-2)24-40(34)59-15-13-31(14-16-59)57-17-19-58(20-18-57)32-8-9-33-35(22-32)47(64)60(46(33)63)39-11-12-43(61)54-45(39)62/h7-10,21-28,31,39H,5-6,11-20H2,1-4H3,(H,54,61,62)(H2,50,52,53,55). The molecule has 3 aromatic carbocycles. The fraction of sp³-hybridized carbons (Fsp3) is 0.396. The van der Waals surface area contributed by atoms with Crippen molar-refractivity contribution in [3.05, 3.63) is 88.3 Å². The molecule has 4 fully saturated rings. The van der Waals surface area contributed by atoms with Gasteiger partial charge >= 0.3 is 0 Å². The number of rotatable bonds is 12. The zero-order valence-corrected chi connectivity index (χ0v) is 40.4. The van der Waals surface area contributed by atoms with Crippen molar-refractivity contribution in [2.24, 2.45) is 7.05 Å². The molecule has 5 aromatic rings. The van der Waals surface area contributed by atoms with Gasteiger partial charge in [0.25, 0.3) is 11.8 Å². The van der Waals surface area contributed by atoms with Crippen molar-refractivity contribution in [3.63, 3.8) is 0 Å². The Morgan fingerprint density at radius 1 is 0.806 bits per heavy atom. The van der Waals surface area contributed by atoms with Gasteiger partial charge in [0.1, 0.15) is 24.8 Å². The number of carbonyl (C=O) groups is 4. The van der Waals surface area contributed by atoms with E-state index in [1.54, 1.807) is 43.5 Å². The predicted octanol–water partition coefficient (Wildman–Crippen LogP) is 6.45. The van der Waals surface area contributed by atoms with Gasteiger partial charge in [0, 0.05) is 105 Å². The lowest BCUT2D eigenvalue weighted by Gasteiger charge is -2.44. The molecule has 0 bridgehead atoms. The largest absolute Gasteiger partial charge is 0.494 e. The molecule has 67 heavy (non-hydrogen) atoms. The molecule has 3 N–H and O–H groups in total. The number of aryl methyl sites for hydroxylation is 1. The smallest absolute Gasteiger partial charge is 0.262 e. The molecule has 1 unspecified atom stereocenters. The molecule has 4 amide bonds. The average molecular weight is 991 g/mol. The van der Waals surface area contributed by atoms with E-state index in [9.17, 15) is 23.7 Å². The maximum atomic E-state index is 13.5. The molecule has 1 atom stereocenters. The van der Waals surface area contributed by atoms with Crippen LogP contribution in [0.1, 0.15) is 70.7 Å². The molecule has 19 heteroatoms. The number of piperidine rings is 2. The highest BCUT2D eigenvalue weighted by molar-refractivity contribution is 9.10. The number of nitrogens with one attached hydrogen (secondary N) is 3. The van der Waals surface area contributed by atoms with Crippen LogP contribution in [0.25, 0.3) is 11.1 Å². The van der Waals surface area contributed by atoms with Gasteiger partial charge in [-0.15, -0.1) is 0 Å². The number of aromatic nitrogens is 4. The Labute approximate surface area is 397 Å². The second-order valence-electron chi connectivity index (χ2n) is 18.4. The first-order chi connectivity index (χ1) is 32.2. The third kappa shape index (κ3) is 8.94. The molecule has 3 saturated heterocycles. The van der Waals surface area contributed by atoms with Gasteiger partial charge in [-0.3, -0.25) is 39.0 Å². The van der Waals surface area contributed by atoms with E-state index < -0.39 is 36.8 Å². The molecule has 17 nitrogen and oxygen atoms in total. The van der Waals surface area contributed by atoms with Crippen molar-refractivity contribution in [2.45, 2.75) is 56.5 Å². The summed E-state index contributed by atoms with van der Waals surface area (Å²) in [6.07, 6.45) is 10.1. The van der Waals surface area contributed by atoms with E-state index in [-0.39, 0.29) is 18.4 Å². The van der Waals surface area contributed by atoms with Crippen LogP contribution in [-0.4, -0.2) is 125 Å². The summed E-state index contributed by atoms with van der Waals surface area (Å²) < 4.78 is 21.9. The summed E-state index contributed by atoms with van der Waals surface area (Å²) in [6, 6.07) is 15.1. The van der Waals surface area contributed by atoms with E-state index in [1.165, 1.54) is 5.56 Å². The lowest BCUT2D eigenvalue weighted by Crippen LogP contribution is -2.54. The molecule has 6 heterocycles. The first-order valence-corrected chi connectivity index (χ1v) is 26.2. The van der Waals surface area contributed by atoms with Gasteiger partial charge in [-0.25, -0.2) is 4.98 Å². The minimum atomic E-state index is -2.61. The molecule has 1 aliphatic carbocycles. The molecule has 10 rings (SSSR count). The van der Waals surface area contributed by atoms with Gasteiger partial charge in [-0.1, -0.05) is 6.07 Å². The Kier molecular flexibility index (Phi) is 11.9. The molecule has 4 aliphatic heterocycles. The fourth-order valence-corrected chi connectivity index (χ4v) is 11.4. The minimum Gasteiger partial charge on any atom is -0.494 e. The number of fused-ring (bicyclic) bond motifs is 1. The number of imide groups is 2. The van der Waals surface area contributed by atoms with Gasteiger partial charge < -0.3 is 29.7 Å². The molecule has 1 saturated carbocycles. The number of methoxy groups -OCH3 is 1. The fourth-order valence-electron chi connectivity index (χ4n) is 9.90. The van der Waals surface area contributed by atoms with Crippen molar-refractivity contribution < 1.29 is 28.5 Å². The van der Waals surface area contributed by atoms with Crippen molar-refractivity contribution in [2.75, 3.05) is 80.1 Å². The number of benzene rings is 3. The summed E-state index contributed by atoms with van der Waals surface area (Å²) in [5.74, 6) is 0.0708. The number of carbonyl (C=O) groups excluding carboxylic acids is 4. The van der Waals surface area contributed by atoms with Crippen LogP contribution in [0.2, 0.25) is 0 Å². The van der Waals surface area contributed by atoms with Crippen LogP contribution in [0.15, 0.2) is 71.6 Å². The SMILES string of the molecule is COc1cc(N2CCC(N3CCN(c4ccc5c(c4)C(=O)N(C4CCC(=O)NC4=O)C5=O)CC3)CC2)c(-c2cnn(C)c2)cc1Nc1ncc(Br)c(Nc2ccc(C3CC3)cc2P(C)(C)=O)n1. The number of anilines is 6. The summed E-state index contributed by atoms with van der Waals surface area (Å²) >= 11 is 3.63. The molecular weight excluding hydrogens is 937 g/mol. The van der Waals surface area contributed by atoms with Gasteiger partial charge in [0.05, 0.1) is 40.3 Å². The maximum absolute atomic E-state index is 13.5. The van der Waals surface area contributed by atoms with Crippen LogP contribution >= 0.6 is 23.1 Å². The monoisotopic (exact) mass is 989 g/mol. The number of amides is 4. The third-order valence-electron chi connectivity index (χ3n) is 13.7. The van der Waals surface area contributed by atoms with Crippen molar-refractivity contribution in [1.82, 2.24) is 34.9 Å². The van der Waals surface area contributed by atoms with Crippen molar-refractivity contribution in [1.29, 1.82) is 0 Å². The van der Waals surface area contributed by atoms with Crippen LogP contribution < -0.4 is 35.8 Å². The molecule has 5 aliphatic rings. The molecule has 348 valence electrons. The lowest BCUT2D eigenvalue weighted by atomic mass is 9.98. The van der Waals surface area contributed by atoms with E-state index in [1.807, 2.05) is 31.6 Å². The van der Waals surface area contributed by atoms with Crippen LogP contribution in [0.3, 0.4) is 0 Å². The topological polar surface area (TPSA) is 187 Å². The average Bonchev–Trinajstić information content (AvgIpc) is 4.03. The van der Waals surface area contributed by atoms with Crippen LogP contribution in [0, 0.1) is 0 Å². The second kappa shape index (κ2) is 17.8. The number of halogens is 1. The number of ether oxygens (including phenoxy) is 1. The number of hydrogen-bond acceptors (Lipinski definition) is 14. The summed E-state index contributed by atoms with van der Waals surface area (Å²) in [7, 11) is 0.956. The van der Waals surface area contributed by atoms with E-state index in [2.05, 4.69) is 80.9 Å². The molecule has 0 radical (unpaired) electrons. The first kappa shape index (κ1) is 44.7.